The molecule has 11 nitrogen and oxygen atoms in total. The van der Waals surface area contributed by atoms with E-state index in [1.807, 2.05) is 42.9 Å². The summed E-state index contributed by atoms with van der Waals surface area (Å²) in [6, 6.07) is 17.5. The molecule has 1 N–H and O–H groups in total. The Balaban J connectivity index is 1.09. The molecule has 3 aromatic heterocycles. The number of imidazole rings is 2. The van der Waals surface area contributed by atoms with Crippen LogP contribution in [0.4, 0.5) is 4.39 Å². The molecule has 47 heavy (non-hydrogen) atoms. The van der Waals surface area contributed by atoms with Crippen LogP contribution < -0.4 is 9.47 Å². The van der Waals surface area contributed by atoms with Crippen LogP contribution >= 0.6 is 0 Å². The standard InChI is InChI=1S/C35H36FN7O4/c1-2-42-23-38-19-27(42)20-43-31-17-24(8-11-35(44)45)6-9-30(31)40-33(43)21-41-14-12-28(13-15-41)47-34-5-3-4-26(39-34)22-46-32-10-7-25(18-37)16-29(32)36/h3-7,9-10,16-17,19,23,28H,2,8,11-15,20-22H2,1H3,(H,44,45). The number of carboxylic acid groups (broad SMARTS) is 1. The maximum absolute atomic E-state index is 14.2. The fraction of sp³-hybridized carbons (Fsp3) is 0.343. The average Bonchev–Trinajstić information content (AvgIpc) is 3.67. The van der Waals surface area contributed by atoms with Crippen molar-refractivity contribution in [2.24, 2.45) is 0 Å². The molecule has 2 aromatic carbocycles. The van der Waals surface area contributed by atoms with Crippen LogP contribution in [0.1, 0.15) is 54.5 Å². The van der Waals surface area contributed by atoms with E-state index in [2.05, 4.69) is 37.0 Å². The van der Waals surface area contributed by atoms with Crippen molar-refractivity contribution in [2.45, 2.75) is 65.0 Å². The van der Waals surface area contributed by atoms with E-state index < -0.39 is 11.8 Å². The molecule has 0 bridgehead atoms. The molecule has 0 spiro atoms. The number of aryl methyl sites for hydroxylation is 2. The van der Waals surface area contributed by atoms with E-state index in [9.17, 15) is 14.3 Å². The Hall–Kier alpha value is -5.28. The minimum absolute atomic E-state index is 0.000375. The number of nitriles is 1. The van der Waals surface area contributed by atoms with Gasteiger partial charge < -0.3 is 23.7 Å². The number of pyridine rings is 1. The summed E-state index contributed by atoms with van der Waals surface area (Å²) < 4.78 is 30.4. The van der Waals surface area contributed by atoms with E-state index in [1.54, 1.807) is 6.07 Å². The van der Waals surface area contributed by atoms with Crippen LogP contribution in [0.5, 0.6) is 11.6 Å². The summed E-state index contributed by atoms with van der Waals surface area (Å²) in [5.41, 5.74) is 4.77. The van der Waals surface area contributed by atoms with Gasteiger partial charge in [0.05, 0.1) is 53.5 Å². The fourth-order valence-corrected chi connectivity index (χ4v) is 5.85. The molecule has 1 aliphatic heterocycles. The largest absolute Gasteiger partial charge is 0.484 e. The van der Waals surface area contributed by atoms with Crippen molar-refractivity contribution < 1.29 is 23.8 Å². The zero-order valence-electron chi connectivity index (χ0n) is 26.2. The van der Waals surface area contributed by atoms with E-state index in [-0.39, 0.29) is 30.4 Å². The maximum atomic E-state index is 14.2. The molecular weight excluding hydrogens is 601 g/mol. The molecule has 1 fully saturated rings. The second-order valence-electron chi connectivity index (χ2n) is 11.6. The third-order valence-electron chi connectivity index (χ3n) is 8.38. The topological polar surface area (TPSA) is 131 Å². The van der Waals surface area contributed by atoms with E-state index in [1.165, 1.54) is 12.1 Å². The molecule has 0 atom stereocenters. The molecule has 0 amide bonds. The average molecular weight is 638 g/mol. The van der Waals surface area contributed by atoms with Crippen molar-refractivity contribution in [3.05, 3.63) is 101 Å². The Morgan fingerprint density at radius 2 is 1.96 bits per heavy atom. The number of carbonyl (C=O) groups is 1. The number of halogens is 1. The summed E-state index contributed by atoms with van der Waals surface area (Å²) in [7, 11) is 0. The number of aromatic nitrogens is 5. The predicted octanol–water partition coefficient (Wildman–Crippen LogP) is 5.35. The van der Waals surface area contributed by atoms with Crippen LogP contribution in [0.2, 0.25) is 0 Å². The van der Waals surface area contributed by atoms with Crippen molar-refractivity contribution in [2.75, 3.05) is 13.1 Å². The van der Waals surface area contributed by atoms with Crippen LogP contribution in [0.25, 0.3) is 11.0 Å². The molecule has 5 aromatic rings. The number of hydrogen-bond donors (Lipinski definition) is 1. The Morgan fingerprint density at radius 1 is 1.11 bits per heavy atom. The van der Waals surface area contributed by atoms with Crippen LogP contribution in [-0.4, -0.2) is 59.3 Å². The van der Waals surface area contributed by atoms with Crippen molar-refractivity contribution in [3.63, 3.8) is 0 Å². The van der Waals surface area contributed by atoms with Crippen LogP contribution in [-0.2, 0) is 37.5 Å². The Morgan fingerprint density at radius 3 is 2.72 bits per heavy atom. The summed E-state index contributed by atoms with van der Waals surface area (Å²) in [6.07, 6.45) is 5.91. The van der Waals surface area contributed by atoms with Gasteiger partial charge in [0.15, 0.2) is 11.6 Å². The van der Waals surface area contributed by atoms with Gasteiger partial charge in [-0.3, -0.25) is 9.69 Å². The monoisotopic (exact) mass is 637 g/mol. The lowest BCUT2D eigenvalue weighted by molar-refractivity contribution is -0.136. The van der Waals surface area contributed by atoms with Crippen molar-refractivity contribution in [1.29, 1.82) is 5.26 Å². The molecule has 0 saturated carbocycles. The number of nitrogens with zero attached hydrogens (tertiary/aromatic N) is 7. The number of piperidine rings is 1. The Bertz CT molecular complexity index is 1910. The highest BCUT2D eigenvalue weighted by molar-refractivity contribution is 5.77. The minimum atomic E-state index is -0.813. The van der Waals surface area contributed by atoms with Gasteiger partial charge in [-0.2, -0.15) is 5.26 Å². The number of carboxylic acids is 1. The van der Waals surface area contributed by atoms with E-state index in [0.717, 1.165) is 66.7 Å². The molecule has 4 heterocycles. The van der Waals surface area contributed by atoms with Gasteiger partial charge in [-0.25, -0.2) is 19.3 Å². The highest BCUT2D eigenvalue weighted by Gasteiger charge is 2.24. The normalized spacial score (nSPS) is 13.9. The van der Waals surface area contributed by atoms with Gasteiger partial charge in [0.2, 0.25) is 5.88 Å². The van der Waals surface area contributed by atoms with Gasteiger partial charge in [0, 0.05) is 38.3 Å². The van der Waals surface area contributed by atoms with E-state index in [4.69, 9.17) is 19.7 Å². The van der Waals surface area contributed by atoms with Gasteiger partial charge in [-0.05, 0) is 68.1 Å². The molecule has 1 saturated heterocycles. The van der Waals surface area contributed by atoms with E-state index in [0.29, 0.717) is 31.1 Å². The molecular formula is C35H36FN7O4. The van der Waals surface area contributed by atoms with E-state index >= 15 is 0 Å². The van der Waals surface area contributed by atoms with Gasteiger partial charge in [-0.1, -0.05) is 12.1 Å². The second-order valence-corrected chi connectivity index (χ2v) is 11.6. The number of likely N-dealkylation sites (tertiary alicyclic amines) is 1. The summed E-state index contributed by atoms with van der Waals surface area (Å²) in [5.74, 6) is 0.108. The Kier molecular flexibility index (Phi) is 9.73. The number of fused-ring (bicyclic) bond motifs is 1. The first kappa shape index (κ1) is 31.7. The minimum Gasteiger partial charge on any atom is -0.484 e. The number of benzene rings is 2. The first-order chi connectivity index (χ1) is 22.9. The maximum Gasteiger partial charge on any atom is 0.303 e. The number of aliphatic carboxylic acids is 1. The van der Waals surface area contributed by atoms with Crippen LogP contribution in [0.15, 0.2) is 67.1 Å². The van der Waals surface area contributed by atoms with Crippen molar-refractivity contribution in [3.8, 4) is 17.7 Å². The number of rotatable bonds is 13. The highest BCUT2D eigenvalue weighted by atomic mass is 19.1. The Labute approximate surface area is 271 Å². The second kappa shape index (κ2) is 14.4. The molecule has 0 radical (unpaired) electrons. The first-order valence-corrected chi connectivity index (χ1v) is 15.7. The molecule has 1 aliphatic rings. The smallest absolute Gasteiger partial charge is 0.303 e. The van der Waals surface area contributed by atoms with Gasteiger partial charge in [-0.15, -0.1) is 0 Å². The summed E-state index contributed by atoms with van der Waals surface area (Å²) in [6.45, 7) is 5.91. The third-order valence-corrected chi connectivity index (χ3v) is 8.38. The number of ether oxygens (including phenoxy) is 2. The number of hydrogen-bond acceptors (Lipinski definition) is 8. The summed E-state index contributed by atoms with van der Waals surface area (Å²) >= 11 is 0. The lowest BCUT2D eigenvalue weighted by atomic mass is 10.1. The zero-order valence-corrected chi connectivity index (χ0v) is 26.2. The SMILES string of the molecule is CCn1cncc1Cn1c(CN2CCC(Oc3cccc(COc4ccc(C#N)cc4F)n3)CC2)nc2ccc(CCC(=O)O)cc21. The van der Waals surface area contributed by atoms with Crippen molar-refractivity contribution in [1.82, 2.24) is 29.0 Å². The molecule has 0 aliphatic carbocycles. The van der Waals surface area contributed by atoms with Crippen molar-refractivity contribution >= 4 is 17.0 Å². The summed E-state index contributed by atoms with van der Waals surface area (Å²) in [5, 5.41) is 18.1. The molecule has 242 valence electrons. The van der Waals surface area contributed by atoms with Gasteiger partial charge >= 0.3 is 5.97 Å². The quantitative estimate of drug-likeness (QED) is 0.182. The lowest BCUT2D eigenvalue weighted by Gasteiger charge is -2.31. The third kappa shape index (κ3) is 7.76. The van der Waals surface area contributed by atoms with Gasteiger partial charge in [0.25, 0.3) is 0 Å². The first-order valence-electron chi connectivity index (χ1n) is 15.7. The molecule has 12 heteroatoms. The fourth-order valence-electron chi connectivity index (χ4n) is 5.85. The van der Waals surface area contributed by atoms with Crippen LogP contribution in [0, 0.1) is 17.1 Å². The zero-order chi connectivity index (χ0) is 32.8. The molecule has 6 rings (SSSR count). The molecule has 0 unspecified atom stereocenters. The highest BCUT2D eigenvalue weighted by Crippen LogP contribution is 2.25. The summed E-state index contributed by atoms with van der Waals surface area (Å²) in [4.78, 5) is 27.5. The lowest BCUT2D eigenvalue weighted by Crippen LogP contribution is -2.38. The van der Waals surface area contributed by atoms with Gasteiger partial charge in [0.1, 0.15) is 18.5 Å². The predicted molar refractivity (Wildman–Crippen MR) is 171 cm³/mol. The van der Waals surface area contributed by atoms with Crippen LogP contribution in [0.3, 0.4) is 0 Å².